The topological polar surface area (TPSA) is 87.5 Å². The quantitative estimate of drug-likeness (QED) is 0.549. The molecule has 1 aromatic heterocycles. The lowest BCUT2D eigenvalue weighted by molar-refractivity contribution is 0.0922. The molecule has 0 radical (unpaired) electrons. The van der Waals surface area contributed by atoms with Gasteiger partial charge in [0.2, 0.25) is 0 Å². The molecule has 0 aromatic carbocycles. The van der Waals surface area contributed by atoms with E-state index in [2.05, 4.69) is 47.8 Å². The van der Waals surface area contributed by atoms with Gasteiger partial charge < -0.3 is 20.5 Å². The summed E-state index contributed by atoms with van der Waals surface area (Å²) >= 11 is 0. The van der Waals surface area contributed by atoms with Crippen LogP contribution in [0.2, 0.25) is 0 Å². The third-order valence-corrected chi connectivity index (χ3v) is 9.51. The number of hydrogen-bond acceptors (Lipinski definition) is 3. The van der Waals surface area contributed by atoms with Crippen LogP contribution in [0.3, 0.4) is 0 Å². The van der Waals surface area contributed by atoms with Crippen molar-refractivity contribution in [2.45, 2.75) is 78.4 Å². The predicted octanol–water partition coefficient (Wildman–Crippen LogP) is 4.61. The molecule has 3 fully saturated rings. The van der Waals surface area contributed by atoms with Crippen LogP contribution in [-0.2, 0) is 6.54 Å². The maximum Gasteiger partial charge on any atom is 0.319 e. The maximum atomic E-state index is 13.2. The highest BCUT2D eigenvalue weighted by molar-refractivity contribution is 5.96. The number of carbonyl (C=O) groups excluding carboxylic acids is 2. The third kappa shape index (κ3) is 4.18. The highest BCUT2D eigenvalue weighted by Gasteiger charge is 2.61. The average Bonchev–Trinajstić information content (AvgIpc) is 3.44. The number of dihydropyridines is 1. The smallest absolute Gasteiger partial charge is 0.319 e. The number of aliphatic imine (C=N–C) groups is 1. The van der Waals surface area contributed by atoms with E-state index in [1.165, 1.54) is 19.3 Å². The van der Waals surface area contributed by atoms with Crippen LogP contribution in [0, 0.1) is 28.6 Å². The number of aromatic nitrogens is 1. The van der Waals surface area contributed by atoms with Crippen molar-refractivity contribution in [2.24, 2.45) is 33.6 Å². The first-order valence-corrected chi connectivity index (χ1v) is 12.9. The summed E-state index contributed by atoms with van der Waals surface area (Å²) in [6.45, 7) is 10.5. The van der Waals surface area contributed by atoms with Crippen LogP contribution >= 0.6 is 0 Å². The Bertz CT molecular complexity index is 1020. The van der Waals surface area contributed by atoms with Gasteiger partial charge in [-0.1, -0.05) is 26.8 Å². The Balaban J connectivity index is 1.25. The maximum absolute atomic E-state index is 13.2. The fourth-order valence-electron chi connectivity index (χ4n) is 6.46. The molecule has 3 amide bonds. The number of carbonyl (C=O) groups is 2. The van der Waals surface area contributed by atoms with E-state index in [-0.39, 0.29) is 40.8 Å². The molecule has 0 saturated heterocycles. The number of amides is 3. The Morgan fingerprint density at radius 1 is 1.24 bits per heavy atom. The van der Waals surface area contributed by atoms with E-state index in [4.69, 9.17) is 0 Å². The van der Waals surface area contributed by atoms with Gasteiger partial charge in [0.05, 0.1) is 5.69 Å². The van der Waals surface area contributed by atoms with Gasteiger partial charge in [-0.15, -0.1) is 0 Å². The first kappa shape index (κ1) is 23.2. The Labute approximate surface area is 202 Å². The van der Waals surface area contributed by atoms with Crippen molar-refractivity contribution in [3.63, 3.8) is 0 Å². The van der Waals surface area contributed by atoms with Gasteiger partial charge >= 0.3 is 6.03 Å². The van der Waals surface area contributed by atoms with Crippen molar-refractivity contribution >= 4 is 23.8 Å². The van der Waals surface area contributed by atoms with E-state index in [1.807, 2.05) is 29.8 Å². The van der Waals surface area contributed by atoms with Crippen molar-refractivity contribution < 1.29 is 9.59 Å². The summed E-state index contributed by atoms with van der Waals surface area (Å²) in [7, 11) is 0. The van der Waals surface area contributed by atoms with Crippen molar-refractivity contribution in [3.8, 4) is 0 Å². The third-order valence-electron chi connectivity index (χ3n) is 9.51. The molecular formula is C27H39N5O2. The van der Waals surface area contributed by atoms with E-state index in [1.54, 1.807) is 6.21 Å². The number of urea groups is 1. The summed E-state index contributed by atoms with van der Waals surface area (Å²) in [5, 5.41) is 9.42. The second-order valence-electron chi connectivity index (χ2n) is 11.8. The van der Waals surface area contributed by atoms with Crippen LogP contribution in [0.15, 0.2) is 29.4 Å². The molecule has 0 spiro atoms. The summed E-state index contributed by atoms with van der Waals surface area (Å²) < 4.78 is 2.01. The number of rotatable bonds is 7. The molecule has 184 valence electrons. The second-order valence-corrected chi connectivity index (χ2v) is 11.8. The normalized spacial score (nSPS) is 31.9. The van der Waals surface area contributed by atoms with Gasteiger partial charge in [-0.05, 0) is 73.8 Å². The molecule has 2 unspecified atom stereocenters. The highest BCUT2D eigenvalue weighted by Crippen LogP contribution is 2.65. The van der Waals surface area contributed by atoms with E-state index in [9.17, 15) is 9.59 Å². The number of nitrogens with one attached hydrogen (secondary N) is 3. The summed E-state index contributed by atoms with van der Waals surface area (Å²) in [5.41, 5.74) is 1.65. The second kappa shape index (κ2) is 8.58. The van der Waals surface area contributed by atoms with Gasteiger partial charge in [-0.25, -0.2) is 4.79 Å². The highest BCUT2D eigenvalue weighted by atomic mass is 16.2. The zero-order valence-electron chi connectivity index (χ0n) is 20.9. The molecule has 2 bridgehead atoms. The number of allylic oxidation sites excluding steroid dienone is 1. The van der Waals surface area contributed by atoms with Crippen molar-refractivity contribution in [2.75, 3.05) is 11.9 Å². The molecule has 1 aromatic rings. The molecule has 4 aliphatic rings. The van der Waals surface area contributed by atoms with Crippen LogP contribution in [0.4, 0.5) is 10.5 Å². The van der Waals surface area contributed by atoms with Crippen LogP contribution in [0.1, 0.15) is 70.3 Å². The Morgan fingerprint density at radius 3 is 2.65 bits per heavy atom. The molecule has 3 aliphatic carbocycles. The SMILES string of the molecule is CC(NC(=O)c1cc(NC(=O)N[C@H]2C[C@H]3CC[C@]2(C)C3(C)C)cn1CC1CC1)C1C=CC=NC1. The van der Waals surface area contributed by atoms with Crippen LogP contribution in [-0.4, -0.2) is 41.3 Å². The van der Waals surface area contributed by atoms with Crippen molar-refractivity contribution in [3.05, 3.63) is 30.1 Å². The Kier molecular flexibility index (Phi) is 5.85. The molecule has 34 heavy (non-hydrogen) atoms. The lowest BCUT2D eigenvalue weighted by atomic mass is 9.69. The molecule has 3 N–H and O–H groups in total. The largest absolute Gasteiger partial charge is 0.348 e. The fraction of sp³-hybridized carbons (Fsp3) is 0.667. The van der Waals surface area contributed by atoms with Crippen LogP contribution < -0.4 is 16.0 Å². The molecule has 5 atom stereocenters. The fourth-order valence-corrected chi connectivity index (χ4v) is 6.46. The van der Waals surface area contributed by atoms with Crippen molar-refractivity contribution in [1.82, 2.24) is 15.2 Å². The summed E-state index contributed by atoms with van der Waals surface area (Å²) in [4.78, 5) is 30.4. The van der Waals surface area contributed by atoms with Crippen molar-refractivity contribution in [1.29, 1.82) is 0 Å². The predicted molar refractivity (Wildman–Crippen MR) is 135 cm³/mol. The minimum Gasteiger partial charge on any atom is -0.348 e. The Hall–Kier alpha value is -2.57. The van der Waals surface area contributed by atoms with E-state index >= 15 is 0 Å². The Morgan fingerprint density at radius 2 is 2.03 bits per heavy atom. The van der Waals surface area contributed by atoms with Gasteiger partial charge in [0.1, 0.15) is 5.69 Å². The number of hydrogen-bond donors (Lipinski definition) is 3. The number of fused-ring (bicyclic) bond motifs is 2. The summed E-state index contributed by atoms with van der Waals surface area (Å²) in [5.74, 6) is 1.37. The van der Waals surface area contributed by atoms with Gasteiger partial charge in [-0.2, -0.15) is 0 Å². The molecular weight excluding hydrogens is 426 g/mol. The average molecular weight is 466 g/mol. The summed E-state index contributed by atoms with van der Waals surface area (Å²) in [6, 6.07) is 1.80. The zero-order valence-corrected chi connectivity index (χ0v) is 20.9. The van der Waals surface area contributed by atoms with E-state index in [0.717, 1.165) is 19.4 Å². The van der Waals surface area contributed by atoms with Crippen LogP contribution in [0.5, 0.6) is 0 Å². The number of anilines is 1. The molecule has 7 heteroatoms. The first-order chi connectivity index (χ1) is 16.2. The van der Waals surface area contributed by atoms with E-state index < -0.39 is 0 Å². The minimum absolute atomic E-state index is 0.0212. The van der Waals surface area contributed by atoms with Crippen LogP contribution in [0.25, 0.3) is 0 Å². The first-order valence-electron chi connectivity index (χ1n) is 12.9. The molecule has 1 aliphatic heterocycles. The molecule has 7 nitrogen and oxygen atoms in total. The zero-order chi connectivity index (χ0) is 24.1. The van der Waals surface area contributed by atoms with Gasteiger partial charge in [0.15, 0.2) is 0 Å². The van der Waals surface area contributed by atoms with Gasteiger partial charge in [-0.3, -0.25) is 9.79 Å². The molecule has 5 rings (SSSR count). The minimum atomic E-state index is -0.177. The molecule has 3 saturated carbocycles. The monoisotopic (exact) mass is 465 g/mol. The van der Waals surface area contributed by atoms with E-state index in [0.29, 0.717) is 29.8 Å². The number of nitrogens with zero attached hydrogens (tertiary/aromatic N) is 2. The molecule has 2 heterocycles. The lowest BCUT2D eigenvalue weighted by Crippen LogP contribution is -2.48. The summed E-state index contributed by atoms with van der Waals surface area (Å²) in [6.07, 6.45) is 13.6. The lowest BCUT2D eigenvalue weighted by Gasteiger charge is -2.39. The van der Waals surface area contributed by atoms with Gasteiger partial charge in [0, 0.05) is 43.5 Å². The standard InChI is InChI=1S/C27H39N5O2/c1-17(19-6-5-11-28-14-19)29-24(33)22-13-21(16-32(22)15-18-7-8-18)30-25(34)31-23-12-20-9-10-27(23,4)26(20,2)3/h5-6,11,13,16-20,23H,7-10,12,14-15H2,1-4H3,(H,29,33)(H2,30,31,34)/t17?,19?,20-,23+,27+/m1/s1. The van der Waals surface area contributed by atoms with Gasteiger partial charge in [0.25, 0.3) is 5.91 Å².